The van der Waals surface area contributed by atoms with Gasteiger partial charge in [0, 0.05) is 42.1 Å². The third-order valence-electron chi connectivity index (χ3n) is 4.13. The van der Waals surface area contributed by atoms with Gasteiger partial charge in [-0.2, -0.15) is 0 Å². The number of nitrogens with one attached hydrogen (secondary N) is 1. The maximum Gasteiger partial charge on any atom is 0.227 e. The minimum Gasteiger partial charge on any atom is -0.352 e. The van der Waals surface area contributed by atoms with Crippen LogP contribution < -0.4 is 10.2 Å². The number of hydrogen-bond acceptors (Lipinski definition) is 3. The van der Waals surface area contributed by atoms with Crippen molar-refractivity contribution in [1.29, 1.82) is 0 Å². The lowest BCUT2D eigenvalue weighted by molar-refractivity contribution is -0.126. The van der Waals surface area contributed by atoms with Crippen molar-refractivity contribution < 1.29 is 9.59 Å². The normalized spacial score (nSPS) is 17.2. The van der Waals surface area contributed by atoms with Gasteiger partial charge in [0.1, 0.15) is 0 Å². The Bertz CT molecular complexity index is 764. The molecule has 0 spiro atoms. The van der Waals surface area contributed by atoms with Crippen LogP contribution in [0.3, 0.4) is 0 Å². The largest absolute Gasteiger partial charge is 0.352 e. The molecule has 1 N–H and O–H groups in total. The number of nitrogens with zero attached hydrogens (tertiary/aromatic N) is 2. The predicted molar refractivity (Wildman–Crippen MR) is 95.4 cm³/mol. The van der Waals surface area contributed by atoms with Crippen molar-refractivity contribution in [3.05, 3.63) is 58.3 Å². The summed E-state index contributed by atoms with van der Waals surface area (Å²) in [5.41, 5.74) is 2.82. The summed E-state index contributed by atoms with van der Waals surface area (Å²) in [5.74, 6) is -0.427. The molecule has 0 aliphatic carbocycles. The van der Waals surface area contributed by atoms with E-state index in [-0.39, 0.29) is 24.2 Å². The summed E-state index contributed by atoms with van der Waals surface area (Å²) in [6, 6.07) is 9.53. The molecule has 0 bridgehead atoms. The van der Waals surface area contributed by atoms with E-state index < -0.39 is 0 Å². The summed E-state index contributed by atoms with van der Waals surface area (Å²) in [6.45, 7) is 2.80. The van der Waals surface area contributed by atoms with Gasteiger partial charge in [-0.3, -0.25) is 14.6 Å². The van der Waals surface area contributed by atoms with Gasteiger partial charge in [-0.05, 0) is 42.3 Å². The van der Waals surface area contributed by atoms with Gasteiger partial charge < -0.3 is 10.2 Å². The monoisotopic (exact) mass is 387 g/mol. The van der Waals surface area contributed by atoms with E-state index >= 15 is 0 Å². The smallest absolute Gasteiger partial charge is 0.227 e. The molecule has 5 nitrogen and oxygen atoms in total. The van der Waals surface area contributed by atoms with Crippen LogP contribution in [0, 0.1) is 12.8 Å². The molecule has 1 aromatic heterocycles. The molecule has 1 saturated heterocycles. The second-order valence-electron chi connectivity index (χ2n) is 5.92. The quantitative estimate of drug-likeness (QED) is 0.876. The van der Waals surface area contributed by atoms with Crippen molar-refractivity contribution >= 4 is 33.4 Å². The third kappa shape index (κ3) is 3.64. The molecule has 3 rings (SSSR count). The van der Waals surface area contributed by atoms with Gasteiger partial charge in [0.05, 0.1) is 5.92 Å². The van der Waals surface area contributed by atoms with Gasteiger partial charge in [0.2, 0.25) is 11.8 Å². The van der Waals surface area contributed by atoms with E-state index in [9.17, 15) is 9.59 Å². The first-order valence-corrected chi connectivity index (χ1v) is 8.57. The van der Waals surface area contributed by atoms with E-state index in [4.69, 9.17) is 0 Å². The first kappa shape index (κ1) is 16.6. The first-order valence-electron chi connectivity index (χ1n) is 7.77. The fourth-order valence-electron chi connectivity index (χ4n) is 2.87. The Morgan fingerprint density at radius 3 is 2.96 bits per heavy atom. The van der Waals surface area contributed by atoms with Crippen molar-refractivity contribution in [2.24, 2.45) is 5.92 Å². The molecule has 124 valence electrons. The number of aryl methyl sites for hydroxylation is 1. The Hall–Kier alpha value is -2.21. The Balaban J connectivity index is 1.64. The van der Waals surface area contributed by atoms with E-state index in [0.29, 0.717) is 13.1 Å². The minimum atomic E-state index is -0.322. The number of hydrogen-bond donors (Lipinski definition) is 1. The molecule has 1 aliphatic rings. The molecule has 2 aromatic rings. The average Bonchev–Trinajstić information content (AvgIpc) is 2.95. The summed E-state index contributed by atoms with van der Waals surface area (Å²) in [7, 11) is 0. The van der Waals surface area contributed by atoms with E-state index in [1.807, 2.05) is 37.3 Å². The number of amides is 2. The van der Waals surface area contributed by atoms with Gasteiger partial charge in [0.25, 0.3) is 0 Å². The average molecular weight is 388 g/mol. The van der Waals surface area contributed by atoms with Gasteiger partial charge >= 0.3 is 0 Å². The Kier molecular flexibility index (Phi) is 4.94. The van der Waals surface area contributed by atoms with Crippen LogP contribution in [0.15, 0.2) is 47.2 Å². The van der Waals surface area contributed by atoms with Gasteiger partial charge in [-0.25, -0.2) is 0 Å². The van der Waals surface area contributed by atoms with E-state index in [1.54, 1.807) is 17.3 Å². The predicted octanol–water partition coefficient (Wildman–Crippen LogP) is 2.82. The maximum absolute atomic E-state index is 12.4. The topological polar surface area (TPSA) is 62.3 Å². The van der Waals surface area contributed by atoms with E-state index in [1.165, 1.54) is 0 Å². The number of pyridine rings is 1. The number of halogens is 1. The highest BCUT2D eigenvalue weighted by Crippen LogP contribution is 2.29. The number of aromatic nitrogens is 1. The SMILES string of the molecule is Cc1cc(Br)ccc1N1CC(C(=O)NCc2cccnc2)CC1=O. The second-order valence-corrected chi connectivity index (χ2v) is 6.83. The number of carbonyl (C=O) groups is 2. The maximum atomic E-state index is 12.4. The first-order chi connectivity index (χ1) is 11.5. The Morgan fingerprint density at radius 1 is 1.42 bits per heavy atom. The van der Waals surface area contributed by atoms with E-state index in [0.717, 1.165) is 21.3 Å². The minimum absolute atomic E-state index is 0.0121. The molecule has 6 heteroatoms. The van der Waals surface area contributed by atoms with Crippen molar-refractivity contribution in [2.45, 2.75) is 19.9 Å². The summed E-state index contributed by atoms with van der Waals surface area (Å²) < 4.78 is 0.973. The summed E-state index contributed by atoms with van der Waals surface area (Å²) in [6.07, 6.45) is 3.66. The molecule has 1 aliphatic heterocycles. The van der Waals surface area contributed by atoms with Crippen molar-refractivity contribution in [3.63, 3.8) is 0 Å². The summed E-state index contributed by atoms with van der Waals surface area (Å²) >= 11 is 3.43. The Morgan fingerprint density at radius 2 is 2.25 bits per heavy atom. The number of carbonyl (C=O) groups excluding carboxylic acids is 2. The van der Waals surface area contributed by atoms with Crippen molar-refractivity contribution in [3.8, 4) is 0 Å². The lowest BCUT2D eigenvalue weighted by Gasteiger charge is -2.19. The Labute approximate surface area is 149 Å². The third-order valence-corrected chi connectivity index (χ3v) is 4.63. The van der Waals surface area contributed by atoms with Crippen molar-refractivity contribution in [2.75, 3.05) is 11.4 Å². The highest BCUT2D eigenvalue weighted by Gasteiger charge is 2.35. The molecular weight excluding hydrogens is 370 g/mol. The summed E-state index contributed by atoms with van der Waals surface area (Å²) in [4.78, 5) is 30.4. The van der Waals surface area contributed by atoms with Crippen LogP contribution in [0.1, 0.15) is 17.5 Å². The zero-order valence-corrected chi connectivity index (χ0v) is 14.9. The lowest BCUT2D eigenvalue weighted by Crippen LogP contribution is -2.32. The standard InChI is InChI=1S/C18H18BrN3O2/c1-12-7-15(19)4-5-16(12)22-11-14(8-17(22)23)18(24)21-10-13-3-2-6-20-9-13/h2-7,9,14H,8,10-11H2,1H3,(H,21,24). The number of rotatable bonds is 4. The van der Waals surface area contributed by atoms with Crippen LogP contribution >= 0.6 is 15.9 Å². The molecule has 2 heterocycles. The molecule has 24 heavy (non-hydrogen) atoms. The zero-order chi connectivity index (χ0) is 17.1. The second kappa shape index (κ2) is 7.13. The zero-order valence-electron chi connectivity index (χ0n) is 13.3. The molecule has 1 aromatic carbocycles. The molecule has 1 unspecified atom stereocenters. The molecule has 0 saturated carbocycles. The molecule has 1 atom stereocenters. The van der Waals surface area contributed by atoms with Crippen LogP contribution in [0.4, 0.5) is 5.69 Å². The van der Waals surface area contributed by atoms with Crippen LogP contribution in [0.2, 0.25) is 0 Å². The van der Waals surface area contributed by atoms with Crippen LogP contribution in [0.25, 0.3) is 0 Å². The van der Waals surface area contributed by atoms with Gasteiger partial charge in [-0.15, -0.1) is 0 Å². The van der Waals surface area contributed by atoms with Crippen LogP contribution in [0.5, 0.6) is 0 Å². The van der Waals surface area contributed by atoms with E-state index in [2.05, 4.69) is 26.2 Å². The van der Waals surface area contributed by atoms with Crippen LogP contribution in [-0.2, 0) is 16.1 Å². The highest BCUT2D eigenvalue weighted by atomic mass is 79.9. The lowest BCUT2D eigenvalue weighted by atomic mass is 10.1. The fourth-order valence-corrected chi connectivity index (χ4v) is 3.35. The highest BCUT2D eigenvalue weighted by molar-refractivity contribution is 9.10. The number of anilines is 1. The van der Waals surface area contributed by atoms with Crippen molar-refractivity contribution in [1.82, 2.24) is 10.3 Å². The summed E-state index contributed by atoms with van der Waals surface area (Å²) in [5, 5.41) is 2.89. The van der Waals surface area contributed by atoms with Gasteiger partial charge in [0.15, 0.2) is 0 Å². The molecule has 2 amide bonds. The number of benzene rings is 1. The molecular formula is C18H18BrN3O2. The molecule has 0 radical (unpaired) electrons. The fraction of sp³-hybridized carbons (Fsp3) is 0.278. The van der Waals surface area contributed by atoms with Gasteiger partial charge in [-0.1, -0.05) is 22.0 Å². The molecule has 1 fully saturated rings. The van der Waals surface area contributed by atoms with Crippen LogP contribution in [-0.4, -0.2) is 23.3 Å².